The molecule has 0 radical (unpaired) electrons. The molecule has 0 aromatic heterocycles. The number of benzene rings is 3. The zero-order valence-electron chi connectivity index (χ0n) is 21.6. The van der Waals surface area contributed by atoms with Crippen molar-refractivity contribution in [3.8, 4) is 0 Å². The summed E-state index contributed by atoms with van der Waals surface area (Å²) >= 11 is 0. The lowest BCUT2D eigenvalue weighted by Gasteiger charge is -2.31. The van der Waals surface area contributed by atoms with Gasteiger partial charge in [0.15, 0.2) is 0 Å². The molecule has 2 unspecified atom stereocenters. The largest absolute Gasteiger partial charge is 0.352 e. The third-order valence-corrected chi connectivity index (χ3v) is 8.23. The van der Waals surface area contributed by atoms with Crippen molar-refractivity contribution in [2.75, 3.05) is 13.6 Å². The predicted molar refractivity (Wildman–Crippen MR) is 143 cm³/mol. The lowest BCUT2D eigenvalue weighted by Crippen LogP contribution is -2.51. The molecule has 3 aromatic carbocycles. The van der Waals surface area contributed by atoms with E-state index in [9.17, 15) is 18.0 Å². The molecule has 7 nitrogen and oxygen atoms in total. The monoisotopic (exact) mass is 509 g/mol. The fourth-order valence-corrected chi connectivity index (χ4v) is 4.97. The van der Waals surface area contributed by atoms with Crippen molar-refractivity contribution in [1.29, 1.82) is 0 Å². The second-order valence-corrected chi connectivity index (χ2v) is 11.3. The fourth-order valence-electron chi connectivity index (χ4n) is 3.81. The molecule has 3 aromatic rings. The summed E-state index contributed by atoms with van der Waals surface area (Å²) in [4.78, 5) is 27.9. The minimum absolute atomic E-state index is 0.0350. The van der Waals surface area contributed by atoms with Crippen LogP contribution < -0.4 is 5.32 Å². The summed E-state index contributed by atoms with van der Waals surface area (Å²) in [5.41, 5.74) is 1.94. The van der Waals surface area contributed by atoms with Crippen LogP contribution in [0.3, 0.4) is 0 Å². The Hall–Kier alpha value is -3.23. The minimum Gasteiger partial charge on any atom is -0.352 e. The number of nitrogens with zero attached hydrogens (tertiary/aromatic N) is 2. The van der Waals surface area contributed by atoms with Crippen molar-refractivity contribution in [1.82, 2.24) is 14.5 Å². The molecule has 0 aliphatic carbocycles. The van der Waals surface area contributed by atoms with Crippen LogP contribution in [0.25, 0.3) is 10.8 Å². The predicted octanol–water partition coefficient (Wildman–Crippen LogP) is 4.10. The van der Waals surface area contributed by atoms with Gasteiger partial charge in [-0.1, -0.05) is 67.1 Å². The molecule has 0 aliphatic heterocycles. The maximum Gasteiger partial charge on any atom is 0.243 e. The number of amides is 2. The van der Waals surface area contributed by atoms with Gasteiger partial charge in [0.05, 0.1) is 11.4 Å². The number of nitrogens with one attached hydrogen (secondary N) is 1. The van der Waals surface area contributed by atoms with E-state index in [0.717, 1.165) is 32.6 Å². The average Bonchev–Trinajstić information content (AvgIpc) is 2.87. The maximum atomic E-state index is 13.5. The Kier molecular flexibility index (Phi) is 8.87. The van der Waals surface area contributed by atoms with Gasteiger partial charge in [0.2, 0.25) is 21.8 Å². The van der Waals surface area contributed by atoms with Gasteiger partial charge in [-0.15, -0.1) is 0 Å². The van der Waals surface area contributed by atoms with Crippen LogP contribution in [0.15, 0.2) is 71.6 Å². The van der Waals surface area contributed by atoms with Crippen molar-refractivity contribution >= 4 is 32.6 Å². The summed E-state index contributed by atoms with van der Waals surface area (Å²) in [7, 11) is -2.54. The highest BCUT2D eigenvalue weighted by Gasteiger charge is 2.30. The average molecular weight is 510 g/mol. The Morgan fingerprint density at radius 1 is 0.944 bits per heavy atom. The topological polar surface area (TPSA) is 86.8 Å². The van der Waals surface area contributed by atoms with Gasteiger partial charge >= 0.3 is 0 Å². The van der Waals surface area contributed by atoms with Crippen LogP contribution in [0, 0.1) is 6.92 Å². The molecule has 36 heavy (non-hydrogen) atoms. The normalized spacial score (nSPS) is 13.4. The SMILES string of the molecule is CCC(C)NC(=O)C(C)N(Cc1ccc(C)cc1)C(=O)CN(C)S(=O)(=O)c1ccc2ccccc2c1. The Bertz CT molecular complexity index is 1320. The van der Waals surface area contributed by atoms with Gasteiger partial charge in [-0.2, -0.15) is 4.31 Å². The number of hydrogen-bond donors (Lipinski definition) is 1. The Labute approximate surface area is 214 Å². The number of aryl methyl sites for hydroxylation is 1. The first kappa shape index (κ1) is 27.4. The highest BCUT2D eigenvalue weighted by molar-refractivity contribution is 7.89. The molecule has 0 bridgehead atoms. The first-order valence-corrected chi connectivity index (χ1v) is 13.6. The van der Waals surface area contributed by atoms with Crippen LogP contribution in [0.2, 0.25) is 0 Å². The number of rotatable bonds is 10. The number of likely N-dealkylation sites (N-methyl/N-ethyl adjacent to an activating group) is 1. The Morgan fingerprint density at radius 3 is 2.22 bits per heavy atom. The van der Waals surface area contributed by atoms with Crippen molar-refractivity contribution in [3.63, 3.8) is 0 Å². The second kappa shape index (κ2) is 11.7. The number of hydrogen-bond acceptors (Lipinski definition) is 4. The first-order valence-electron chi connectivity index (χ1n) is 12.1. The highest BCUT2D eigenvalue weighted by Crippen LogP contribution is 2.22. The fraction of sp³-hybridized carbons (Fsp3) is 0.357. The van der Waals surface area contributed by atoms with E-state index in [0.29, 0.717) is 0 Å². The van der Waals surface area contributed by atoms with E-state index in [-0.39, 0.29) is 29.9 Å². The van der Waals surface area contributed by atoms with E-state index in [1.807, 2.05) is 69.3 Å². The molecule has 8 heteroatoms. The molecule has 2 atom stereocenters. The first-order chi connectivity index (χ1) is 17.0. The third kappa shape index (κ3) is 6.50. The quantitative estimate of drug-likeness (QED) is 0.446. The molecule has 0 saturated heterocycles. The van der Waals surface area contributed by atoms with Gasteiger partial charge in [0.25, 0.3) is 0 Å². The van der Waals surface area contributed by atoms with Crippen molar-refractivity contribution in [3.05, 3.63) is 77.9 Å². The van der Waals surface area contributed by atoms with E-state index in [1.165, 1.54) is 11.9 Å². The van der Waals surface area contributed by atoms with Crippen molar-refractivity contribution < 1.29 is 18.0 Å². The molecule has 192 valence electrons. The molecule has 2 amide bonds. The summed E-state index contributed by atoms with van der Waals surface area (Å²) in [6.45, 7) is 7.32. The molecule has 0 aliphatic rings. The molecule has 0 saturated carbocycles. The Morgan fingerprint density at radius 2 is 1.58 bits per heavy atom. The van der Waals surface area contributed by atoms with Crippen LogP contribution in [-0.2, 0) is 26.2 Å². The number of carbonyl (C=O) groups excluding carboxylic acids is 2. The zero-order valence-corrected chi connectivity index (χ0v) is 22.4. The van der Waals surface area contributed by atoms with E-state index in [2.05, 4.69) is 5.32 Å². The van der Waals surface area contributed by atoms with Crippen molar-refractivity contribution in [2.45, 2.75) is 57.6 Å². The molecule has 1 N–H and O–H groups in total. The summed E-state index contributed by atoms with van der Waals surface area (Å²) in [5.74, 6) is -0.723. The van der Waals surface area contributed by atoms with Crippen LogP contribution in [0.5, 0.6) is 0 Å². The number of fused-ring (bicyclic) bond motifs is 1. The van der Waals surface area contributed by atoms with Crippen LogP contribution in [0.1, 0.15) is 38.3 Å². The van der Waals surface area contributed by atoms with E-state index in [4.69, 9.17) is 0 Å². The summed E-state index contributed by atoms with van der Waals surface area (Å²) in [6.07, 6.45) is 0.761. The number of sulfonamides is 1. The van der Waals surface area contributed by atoms with Crippen LogP contribution in [0.4, 0.5) is 0 Å². The lowest BCUT2D eigenvalue weighted by atomic mass is 10.1. The molecule has 3 rings (SSSR count). The van der Waals surface area contributed by atoms with Gasteiger partial charge in [-0.05, 0) is 55.7 Å². The summed E-state index contributed by atoms with van der Waals surface area (Å²) < 4.78 is 27.6. The highest BCUT2D eigenvalue weighted by atomic mass is 32.2. The van der Waals surface area contributed by atoms with E-state index < -0.39 is 22.0 Å². The van der Waals surface area contributed by atoms with Gasteiger partial charge in [-0.25, -0.2) is 8.42 Å². The smallest absolute Gasteiger partial charge is 0.243 e. The van der Waals surface area contributed by atoms with E-state index >= 15 is 0 Å². The Balaban J connectivity index is 1.84. The molecule has 0 spiro atoms. The molecular formula is C28H35N3O4S. The second-order valence-electron chi connectivity index (χ2n) is 9.27. The molecule has 0 fully saturated rings. The summed E-state index contributed by atoms with van der Waals surface area (Å²) in [5, 5.41) is 4.65. The van der Waals surface area contributed by atoms with E-state index in [1.54, 1.807) is 25.1 Å². The number of carbonyl (C=O) groups is 2. The van der Waals surface area contributed by atoms with Crippen molar-refractivity contribution in [2.24, 2.45) is 0 Å². The minimum atomic E-state index is -3.92. The molecule has 0 heterocycles. The lowest BCUT2D eigenvalue weighted by molar-refractivity contribution is -0.140. The maximum absolute atomic E-state index is 13.5. The zero-order chi connectivity index (χ0) is 26.5. The summed E-state index contributed by atoms with van der Waals surface area (Å²) in [6, 6.07) is 19.3. The standard InChI is InChI=1S/C28H35N3O4S/c1-6-21(3)29-28(33)22(4)31(18-23-13-11-20(2)12-14-23)27(32)19-30(5)36(34,35)26-16-15-24-9-7-8-10-25(24)17-26/h7-17,21-22H,6,18-19H2,1-5H3,(H,29,33). The van der Waals surface area contributed by atoms with Crippen LogP contribution >= 0.6 is 0 Å². The van der Waals surface area contributed by atoms with Gasteiger partial charge in [-0.3, -0.25) is 9.59 Å². The van der Waals surface area contributed by atoms with Crippen LogP contribution in [-0.4, -0.2) is 55.1 Å². The van der Waals surface area contributed by atoms with Gasteiger partial charge in [0, 0.05) is 19.6 Å². The van der Waals surface area contributed by atoms with Gasteiger partial charge in [0.1, 0.15) is 6.04 Å². The molecular weight excluding hydrogens is 474 g/mol. The third-order valence-electron chi connectivity index (χ3n) is 6.43. The van der Waals surface area contributed by atoms with Gasteiger partial charge < -0.3 is 10.2 Å².